The SMILES string of the molecule is CC(C)C1CCC(c2ccoc2)CS1. The lowest BCUT2D eigenvalue weighted by molar-refractivity contribution is 0.505. The molecule has 1 fully saturated rings. The molecule has 1 aromatic rings. The number of hydrogen-bond acceptors (Lipinski definition) is 2. The first-order valence-corrected chi connectivity index (χ1v) is 6.46. The van der Waals surface area contributed by atoms with Crippen LogP contribution in [0.15, 0.2) is 23.0 Å². The van der Waals surface area contributed by atoms with E-state index < -0.39 is 0 Å². The van der Waals surface area contributed by atoms with Crippen LogP contribution in [0.5, 0.6) is 0 Å². The Bertz CT molecular complexity index is 258. The van der Waals surface area contributed by atoms with Crippen molar-refractivity contribution in [3.63, 3.8) is 0 Å². The van der Waals surface area contributed by atoms with Gasteiger partial charge in [-0.25, -0.2) is 0 Å². The maximum atomic E-state index is 5.13. The fraction of sp³-hybridized carbons (Fsp3) is 0.667. The number of thioether (sulfide) groups is 1. The van der Waals surface area contributed by atoms with Crippen LogP contribution in [0.2, 0.25) is 0 Å². The normalized spacial score (nSPS) is 28.2. The predicted octanol–water partition coefficient (Wildman–Crippen LogP) is 3.91. The van der Waals surface area contributed by atoms with Crippen molar-refractivity contribution in [2.75, 3.05) is 5.75 Å². The van der Waals surface area contributed by atoms with Crippen LogP contribution < -0.4 is 0 Å². The molecule has 2 unspecified atom stereocenters. The Labute approximate surface area is 90.3 Å². The van der Waals surface area contributed by atoms with E-state index in [0.717, 1.165) is 17.1 Å². The Morgan fingerprint density at radius 2 is 2.29 bits per heavy atom. The number of rotatable bonds is 2. The third-order valence-electron chi connectivity index (χ3n) is 3.07. The van der Waals surface area contributed by atoms with Gasteiger partial charge >= 0.3 is 0 Å². The van der Waals surface area contributed by atoms with E-state index in [1.165, 1.54) is 24.2 Å². The van der Waals surface area contributed by atoms with E-state index in [0.29, 0.717) is 0 Å². The third-order valence-corrected chi connectivity index (χ3v) is 4.87. The molecular weight excluding hydrogens is 192 g/mol. The first-order chi connectivity index (χ1) is 6.77. The largest absolute Gasteiger partial charge is 0.472 e. The predicted molar refractivity (Wildman–Crippen MR) is 61.8 cm³/mol. The molecule has 78 valence electrons. The van der Waals surface area contributed by atoms with Gasteiger partial charge in [0.25, 0.3) is 0 Å². The molecule has 2 atom stereocenters. The lowest BCUT2D eigenvalue weighted by atomic mass is 9.94. The summed E-state index contributed by atoms with van der Waals surface area (Å²) in [6, 6.07) is 2.11. The maximum Gasteiger partial charge on any atom is 0.0937 e. The van der Waals surface area contributed by atoms with Crippen LogP contribution >= 0.6 is 11.8 Å². The first-order valence-electron chi connectivity index (χ1n) is 5.41. The molecule has 0 aliphatic carbocycles. The molecule has 0 amide bonds. The van der Waals surface area contributed by atoms with Gasteiger partial charge in [-0.1, -0.05) is 13.8 Å². The average Bonchev–Trinajstić information content (AvgIpc) is 2.71. The summed E-state index contributed by atoms with van der Waals surface area (Å²) >= 11 is 2.14. The molecule has 1 saturated heterocycles. The molecule has 1 aliphatic heterocycles. The van der Waals surface area contributed by atoms with Crippen LogP contribution in [0.4, 0.5) is 0 Å². The van der Waals surface area contributed by atoms with Gasteiger partial charge in [-0.05, 0) is 36.3 Å². The first kappa shape index (κ1) is 10.2. The summed E-state index contributed by atoms with van der Waals surface area (Å²) in [6.45, 7) is 4.66. The van der Waals surface area contributed by atoms with Crippen LogP contribution in [-0.4, -0.2) is 11.0 Å². The zero-order chi connectivity index (χ0) is 9.97. The van der Waals surface area contributed by atoms with Gasteiger partial charge in [0.2, 0.25) is 0 Å². The van der Waals surface area contributed by atoms with Crippen molar-refractivity contribution in [2.45, 2.75) is 37.9 Å². The van der Waals surface area contributed by atoms with E-state index in [-0.39, 0.29) is 0 Å². The minimum atomic E-state index is 0.730. The lowest BCUT2D eigenvalue weighted by Crippen LogP contribution is -2.20. The van der Waals surface area contributed by atoms with Gasteiger partial charge in [-0.3, -0.25) is 0 Å². The zero-order valence-electron chi connectivity index (χ0n) is 8.90. The summed E-state index contributed by atoms with van der Waals surface area (Å²) < 4.78 is 5.13. The van der Waals surface area contributed by atoms with E-state index in [1.807, 2.05) is 6.26 Å². The highest BCUT2D eigenvalue weighted by Crippen LogP contribution is 2.38. The Kier molecular flexibility index (Phi) is 3.22. The second kappa shape index (κ2) is 4.43. The fourth-order valence-electron chi connectivity index (χ4n) is 2.07. The van der Waals surface area contributed by atoms with Gasteiger partial charge in [-0.15, -0.1) is 0 Å². The second-order valence-corrected chi connectivity index (χ2v) is 5.72. The summed E-state index contributed by atoms with van der Waals surface area (Å²) in [5.41, 5.74) is 1.39. The second-order valence-electron chi connectivity index (χ2n) is 4.45. The van der Waals surface area contributed by atoms with E-state index in [9.17, 15) is 0 Å². The zero-order valence-corrected chi connectivity index (χ0v) is 9.72. The fourth-order valence-corrected chi connectivity index (χ4v) is 3.59. The highest BCUT2D eigenvalue weighted by Gasteiger charge is 2.24. The highest BCUT2D eigenvalue weighted by molar-refractivity contribution is 8.00. The van der Waals surface area contributed by atoms with E-state index in [2.05, 4.69) is 31.7 Å². The summed E-state index contributed by atoms with van der Waals surface area (Å²) in [5, 5.41) is 0.873. The minimum Gasteiger partial charge on any atom is -0.472 e. The summed E-state index contributed by atoms with van der Waals surface area (Å²) in [4.78, 5) is 0. The molecule has 0 spiro atoms. The molecule has 0 radical (unpaired) electrons. The topological polar surface area (TPSA) is 13.1 Å². The Morgan fingerprint density at radius 1 is 1.43 bits per heavy atom. The van der Waals surface area contributed by atoms with Gasteiger partial charge in [0, 0.05) is 11.0 Å². The van der Waals surface area contributed by atoms with Gasteiger partial charge in [0.15, 0.2) is 0 Å². The monoisotopic (exact) mass is 210 g/mol. The van der Waals surface area contributed by atoms with Crippen molar-refractivity contribution < 1.29 is 4.42 Å². The van der Waals surface area contributed by atoms with Gasteiger partial charge in [0.1, 0.15) is 0 Å². The smallest absolute Gasteiger partial charge is 0.0937 e. The molecule has 0 bridgehead atoms. The molecule has 2 heterocycles. The maximum absolute atomic E-state index is 5.13. The van der Waals surface area contributed by atoms with Crippen molar-refractivity contribution in [1.82, 2.24) is 0 Å². The highest BCUT2D eigenvalue weighted by atomic mass is 32.2. The molecule has 2 heteroatoms. The molecule has 1 nitrogen and oxygen atoms in total. The average molecular weight is 210 g/mol. The Hall–Kier alpha value is -0.370. The summed E-state index contributed by atoms with van der Waals surface area (Å²) in [5.74, 6) is 2.82. The Balaban J connectivity index is 1.90. The van der Waals surface area contributed by atoms with Crippen LogP contribution in [0.25, 0.3) is 0 Å². The van der Waals surface area contributed by atoms with Crippen LogP contribution in [0.1, 0.15) is 38.2 Å². The quantitative estimate of drug-likeness (QED) is 0.734. The molecule has 2 rings (SSSR count). The molecule has 0 N–H and O–H groups in total. The van der Waals surface area contributed by atoms with Gasteiger partial charge < -0.3 is 4.42 Å². The van der Waals surface area contributed by atoms with E-state index >= 15 is 0 Å². The van der Waals surface area contributed by atoms with Crippen molar-refractivity contribution in [1.29, 1.82) is 0 Å². The molecule has 1 aliphatic rings. The van der Waals surface area contributed by atoms with Gasteiger partial charge in [0.05, 0.1) is 12.5 Å². The molecular formula is C12H18OS. The van der Waals surface area contributed by atoms with Gasteiger partial charge in [-0.2, -0.15) is 11.8 Å². The van der Waals surface area contributed by atoms with Crippen molar-refractivity contribution in [2.24, 2.45) is 5.92 Å². The molecule has 0 aromatic carbocycles. The van der Waals surface area contributed by atoms with Crippen LogP contribution in [-0.2, 0) is 0 Å². The van der Waals surface area contributed by atoms with E-state index in [4.69, 9.17) is 4.42 Å². The molecule has 1 aromatic heterocycles. The summed E-state index contributed by atoms with van der Waals surface area (Å²) in [6.07, 6.45) is 6.38. The van der Waals surface area contributed by atoms with Crippen molar-refractivity contribution >= 4 is 11.8 Å². The molecule has 0 saturated carbocycles. The van der Waals surface area contributed by atoms with Crippen molar-refractivity contribution in [3.05, 3.63) is 24.2 Å². The standard InChI is InChI=1S/C12H18OS/c1-9(2)12-4-3-11(8-14-12)10-5-6-13-7-10/h5-7,9,11-12H,3-4,8H2,1-2H3. The lowest BCUT2D eigenvalue weighted by Gasteiger charge is -2.29. The number of hydrogen-bond donors (Lipinski definition) is 0. The number of furan rings is 1. The molecule has 14 heavy (non-hydrogen) atoms. The third kappa shape index (κ3) is 2.17. The summed E-state index contributed by atoms with van der Waals surface area (Å²) in [7, 11) is 0. The Morgan fingerprint density at radius 3 is 2.79 bits per heavy atom. The van der Waals surface area contributed by atoms with Crippen molar-refractivity contribution in [3.8, 4) is 0 Å². The van der Waals surface area contributed by atoms with Crippen LogP contribution in [0, 0.1) is 5.92 Å². The minimum absolute atomic E-state index is 0.730. The van der Waals surface area contributed by atoms with E-state index in [1.54, 1.807) is 6.26 Å². The van der Waals surface area contributed by atoms with Crippen LogP contribution in [0.3, 0.4) is 0 Å².